The molecule has 0 aromatic carbocycles. The Morgan fingerprint density at radius 1 is 0.659 bits per heavy atom. The van der Waals surface area contributed by atoms with Gasteiger partial charge in [0.1, 0.15) is 0 Å². The van der Waals surface area contributed by atoms with E-state index in [4.69, 9.17) is 38.5 Å². The summed E-state index contributed by atoms with van der Waals surface area (Å²) in [5, 5.41) is 3.20. The Balaban J connectivity index is 0.917. The lowest BCUT2D eigenvalue weighted by molar-refractivity contribution is -0.571. The lowest BCUT2D eigenvalue weighted by Gasteiger charge is -2.60. The van der Waals surface area contributed by atoms with Gasteiger partial charge in [0.15, 0.2) is 23.8 Å². The lowest BCUT2D eigenvalue weighted by atomic mass is 9.57. The molecule has 0 radical (unpaired) electrons. The number of carbonyl (C=O) groups excluding carboxylic acids is 1. The number of hydrogen-bond donors (Lipinski definition) is 1. The van der Waals surface area contributed by atoms with Gasteiger partial charge in [0.05, 0.1) is 18.6 Å². The fourth-order valence-corrected chi connectivity index (χ4v) is 11.1. The van der Waals surface area contributed by atoms with Crippen LogP contribution in [0, 0.1) is 47.3 Å². The molecule has 1 amide bonds. The second-order valence-electron chi connectivity index (χ2n) is 16.2. The van der Waals surface area contributed by atoms with Crippen LogP contribution in [0.3, 0.4) is 0 Å². The fourth-order valence-electron chi connectivity index (χ4n) is 11.1. The number of hydrogen-bond acceptors (Lipinski definition) is 9. The predicted octanol–water partition coefficient (Wildman–Crippen LogP) is 5.38. The molecule has 248 valence electrons. The van der Waals surface area contributed by atoms with E-state index in [-0.39, 0.29) is 35.9 Å². The average molecular weight is 620 g/mol. The summed E-state index contributed by atoms with van der Waals surface area (Å²) in [5.41, 5.74) is -1.16. The van der Waals surface area contributed by atoms with E-state index in [0.29, 0.717) is 42.6 Å². The van der Waals surface area contributed by atoms with E-state index in [0.717, 1.165) is 51.4 Å². The molecule has 2 aliphatic carbocycles. The molecule has 8 saturated heterocycles. The van der Waals surface area contributed by atoms with Gasteiger partial charge in [-0.1, -0.05) is 27.7 Å². The van der Waals surface area contributed by atoms with Crippen LogP contribution in [-0.2, 0) is 43.3 Å². The van der Waals surface area contributed by atoms with Gasteiger partial charge in [-0.15, -0.1) is 0 Å². The Morgan fingerprint density at radius 2 is 1.16 bits per heavy atom. The summed E-state index contributed by atoms with van der Waals surface area (Å²) >= 11 is 0. The van der Waals surface area contributed by atoms with Crippen LogP contribution >= 0.6 is 0 Å². The minimum absolute atomic E-state index is 0.00111. The first-order valence-electron chi connectivity index (χ1n) is 17.6. The van der Waals surface area contributed by atoms with Crippen molar-refractivity contribution >= 4 is 5.91 Å². The molecule has 10 aliphatic rings. The first kappa shape index (κ1) is 30.5. The van der Waals surface area contributed by atoms with Gasteiger partial charge in [0.25, 0.3) is 0 Å². The Bertz CT molecular complexity index is 1140. The van der Waals surface area contributed by atoms with Crippen LogP contribution in [0.4, 0.5) is 0 Å². The van der Waals surface area contributed by atoms with Crippen LogP contribution in [0.15, 0.2) is 0 Å². The standard InChI is InChI=1S/C34H53NO9/c1-18-7-9-24-20(3)26(37-29-33(24)22(18)11-14-31(5,39-29)41-43-33)13-16-35-28(36)17-27-21(4)25-10-8-19(2)23-12-15-32(6)40-30(38-27)34(23,25)44-42-32/h18-27,29-30H,7-17H2,1-6H3,(H,35,36)/t18-,19-,20-,21-,22+,23+,24+,25+,26-,27-,29-,30-,31-,32-,33-,34-/m1/s1. The Morgan fingerprint density at radius 3 is 1.70 bits per heavy atom. The summed E-state index contributed by atoms with van der Waals surface area (Å²) < 4.78 is 26.4. The molecule has 0 aromatic rings. The highest BCUT2D eigenvalue weighted by atomic mass is 17.3. The molecular weight excluding hydrogens is 566 g/mol. The number of ether oxygens (including phenoxy) is 4. The second kappa shape index (κ2) is 10.6. The average Bonchev–Trinajstić information content (AvgIpc) is 3.36. The third-order valence-electron chi connectivity index (χ3n) is 13.7. The SMILES string of the molecule is C[C@H]1[C@@H](CCNC(=O)C[C@H]2O[C@@H]3O[C@@]4(C)CC[C@H]5[C@H](C)CC[C@@H]([C@H]2C)[C@@]35OO4)O[C@@H]2O[C@@]3(C)CC[C@H]4[C@H](C)CC[C@@H]1[C@@]24OO3. The summed E-state index contributed by atoms with van der Waals surface area (Å²) in [7, 11) is 0. The fraction of sp³-hybridized carbons (Fsp3) is 0.971. The van der Waals surface area contributed by atoms with Gasteiger partial charge in [-0.05, 0) is 94.3 Å². The van der Waals surface area contributed by atoms with E-state index in [2.05, 4.69) is 33.0 Å². The minimum Gasteiger partial charge on any atom is -0.356 e. The lowest BCUT2D eigenvalue weighted by Crippen LogP contribution is -2.70. The monoisotopic (exact) mass is 619 g/mol. The number of nitrogens with one attached hydrogen (secondary N) is 1. The molecule has 0 aromatic heterocycles. The van der Waals surface area contributed by atoms with Crippen molar-refractivity contribution < 1.29 is 43.3 Å². The summed E-state index contributed by atoms with van der Waals surface area (Å²) in [4.78, 5) is 37.8. The highest BCUT2D eigenvalue weighted by Crippen LogP contribution is 2.62. The van der Waals surface area contributed by atoms with Crippen molar-refractivity contribution in [2.45, 2.75) is 153 Å². The van der Waals surface area contributed by atoms with Crippen LogP contribution in [-0.4, -0.2) is 60.0 Å². The van der Waals surface area contributed by atoms with E-state index in [1.807, 2.05) is 13.8 Å². The molecule has 16 atom stereocenters. The molecule has 4 bridgehead atoms. The molecular formula is C34H53NO9. The van der Waals surface area contributed by atoms with Crippen molar-refractivity contribution in [2.75, 3.05) is 6.54 Å². The highest BCUT2D eigenvalue weighted by Gasteiger charge is 2.70. The summed E-state index contributed by atoms with van der Waals surface area (Å²) in [6.45, 7) is 13.6. The maximum atomic E-state index is 13.4. The molecule has 1 N–H and O–H groups in total. The van der Waals surface area contributed by atoms with Crippen molar-refractivity contribution in [3.05, 3.63) is 0 Å². The zero-order valence-electron chi connectivity index (χ0n) is 27.4. The quantitative estimate of drug-likeness (QED) is 0.406. The maximum Gasteiger partial charge on any atom is 0.222 e. The van der Waals surface area contributed by atoms with Crippen molar-refractivity contribution in [3.63, 3.8) is 0 Å². The number of rotatable bonds is 5. The highest BCUT2D eigenvalue weighted by molar-refractivity contribution is 5.76. The van der Waals surface area contributed by atoms with Gasteiger partial charge in [-0.2, -0.15) is 0 Å². The van der Waals surface area contributed by atoms with E-state index in [9.17, 15) is 4.79 Å². The van der Waals surface area contributed by atoms with Gasteiger partial charge < -0.3 is 24.3 Å². The van der Waals surface area contributed by atoms with E-state index in [1.54, 1.807) is 0 Å². The largest absolute Gasteiger partial charge is 0.356 e. The van der Waals surface area contributed by atoms with E-state index < -0.39 is 35.4 Å². The topological polar surface area (TPSA) is 103 Å². The first-order chi connectivity index (χ1) is 21.0. The minimum atomic E-state index is -0.814. The summed E-state index contributed by atoms with van der Waals surface area (Å²) in [5.74, 6) is 1.05. The maximum absolute atomic E-state index is 13.4. The van der Waals surface area contributed by atoms with Crippen molar-refractivity contribution in [2.24, 2.45) is 47.3 Å². The van der Waals surface area contributed by atoms with Crippen LogP contribution in [0.2, 0.25) is 0 Å². The Kier molecular flexibility index (Phi) is 7.33. The molecule has 2 spiro atoms. The Labute approximate surface area is 261 Å². The zero-order chi connectivity index (χ0) is 30.6. The van der Waals surface area contributed by atoms with Gasteiger partial charge >= 0.3 is 0 Å². The number of fused-ring (bicyclic) bond motifs is 4. The predicted molar refractivity (Wildman–Crippen MR) is 156 cm³/mol. The normalized spacial score (nSPS) is 57.5. The molecule has 8 heterocycles. The smallest absolute Gasteiger partial charge is 0.222 e. The Hall–Kier alpha value is -0.850. The third-order valence-corrected chi connectivity index (χ3v) is 13.7. The first-order valence-corrected chi connectivity index (χ1v) is 17.6. The van der Waals surface area contributed by atoms with Crippen LogP contribution < -0.4 is 5.32 Å². The number of amides is 1. The van der Waals surface area contributed by atoms with Crippen LogP contribution in [0.5, 0.6) is 0 Å². The molecule has 44 heavy (non-hydrogen) atoms. The van der Waals surface area contributed by atoms with Crippen molar-refractivity contribution in [1.82, 2.24) is 5.32 Å². The molecule has 8 aliphatic heterocycles. The molecule has 2 saturated carbocycles. The van der Waals surface area contributed by atoms with Crippen molar-refractivity contribution in [1.29, 1.82) is 0 Å². The summed E-state index contributed by atoms with van der Waals surface area (Å²) in [6.07, 6.45) is 7.80. The van der Waals surface area contributed by atoms with E-state index in [1.165, 1.54) is 6.42 Å². The van der Waals surface area contributed by atoms with E-state index >= 15 is 0 Å². The van der Waals surface area contributed by atoms with Gasteiger partial charge in [0.2, 0.25) is 17.5 Å². The van der Waals surface area contributed by atoms with Gasteiger partial charge in [-0.25, -0.2) is 19.6 Å². The molecule has 10 heteroatoms. The van der Waals surface area contributed by atoms with Crippen LogP contribution in [0.1, 0.15) is 106 Å². The molecule has 0 unspecified atom stereocenters. The number of carbonyl (C=O) groups is 1. The van der Waals surface area contributed by atoms with Gasteiger partial charge in [0, 0.05) is 31.2 Å². The molecule has 10 rings (SSSR count). The van der Waals surface area contributed by atoms with Gasteiger partial charge in [-0.3, -0.25) is 4.79 Å². The van der Waals surface area contributed by atoms with Crippen molar-refractivity contribution in [3.8, 4) is 0 Å². The second-order valence-corrected chi connectivity index (χ2v) is 16.2. The summed E-state index contributed by atoms with van der Waals surface area (Å²) in [6, 6.07) is 0. The molecule has 10 fully saturated rings. The molecule has 10 nitrogen and oxygen atoms in total. The third kappa shape index (κ3) is 4.37. The zero-order valence-corrected chi connectivity index (χ0v) is 27.4. The van der Waals surface area contributed by atoms with Crippen LogP contribution in [0.25, 0.3) is 0 Å².